The average molecular weight is 222 g/mol. The molecule has 0 saturated carbocycles. The number of nitrogens with zero attached hydrogens (tertiary/aromatic N) is 1. The molecule has 0 saturated heterocycles. The molecule has 16 heavy (non-hydrogen) atoms. The molecule has 1 atom stereocenters. The third-order valence-corrected chi connectivity index (χ3v) is 2.74. The highest BCUT2D eigenvalue weighted by molar-refractivity contribution is 5.51. The fourth-order valence-electron chi connectivity index (χ4n) is 1.18. The van der Waals surface area contributed by atoms with Gasteiger partial charge < -0.3 is 5.32 Å². The molecular formula is C12H18N2O2. The maximum atomic E-state index is 10.6. The smallest absolute Gasteiger partial charge is 0.271 e. The number of hydrogen-bond acceptors (Lipinski definition) is 3. The Hall–Kier alpha value is -1.58. The molecule has 0 spiro atoms. The minimum Gasteiger partial charge on any atom is -0.382 e. The van der Waals surface area contributed by atoms with Gasteiger partial charge in [-0.1, -0.05) is 26.8 Å². The zero-order valence-corrected chi connectivity index (χ0v) is 10.2. The van der Waals surface area contributed by atoms with Gasteiger partial charge in [0.2, 0.25) is 0 Å². The van der Waals surface area contributed by atoms with Crippen LogP contribution in [0.1, 0.15) is 27.7 Å². The fraction of sp³-hybridized carbons (Fsp3) is 0.500. The van der Waals surface area contributed by atoms with Gasteiger partial charge >= 0.3 is 0 Å². The summed E-state index contributed by atoms with van der Waals surface area (Å²) in [6.07, 6.45) is 0. The second-order valence-electron chi connectivity index (χ2n) is 5.04. The van der Waals surface area contributed by atoms with Gasteiger partial charge in [0.25, 0.3) is 5.69 Å². The predicted octanol–water partition coefficient (Wildman–Crippen LogP) is 3.44. The minimum absolute atomic E-state index is 0.116. The lowest BCUT2D eigenvalue weighted by Crippen LogP contribution is -2.30. The third kappa shape index (κ3) is 3.22. The first kappa shape index (κ1) is 12.5. The van der Waals surface area contributed by atoms with Crippen molar-refractivity contribution in [2.45, 2.75) is 33.7 Å². The minimum atomic E-state index is -0.382. The van der Waals surface area contributed by atoms with Crippen LogP contribution < -0.4 is 5.32 Å². The van der Waals surface area contributed by atoms with Crippen LogP contribution in [0.25, 0.3) is 0 Å². The maximum Gasteiger partial charge on any atom is 0.271 e. The molecule has 0 heterocycles. The number of hydrogen-bond donors (Lipinski definition) is 1. The van der Waals surface area contributed by atoms with Crippen molar-refractivity contribution in [1.29, 1.82) is 0 Å². The molecule has 88 valence electrons. The van der Waals surface area contributed by atoms with Crippen molar-refractivity contribution in [2.24, 2.45) is 5.41 Å². The average Bonchev–Trinajstić information content (AvgIpc) is 2.16. The van der Waals surface area contributed by atoms with E-state index in [9.17, 15) is 10.1 Å². The molecule has 0 bridgehead atoms. The Morgan fingerprint density at radius 1 is 1.38 bits per heavy atom. The number of rotatable bonds is 3. The summed E-state index contributed by atoms with van der Waals surface area (Å²) in [5, 5.41) is 13.9. The van der Waals surface area contributed by atoms with Crippen molar-refractivity contribution in [3.63, 3.8) is 0 Å². The lowest BCUT2D eigenvalue weighted by molar-refractivity contribution is -0.384. The Labute approximate surface area is 95.8 Å². The van der Waals surface area contributed by atoms with Gasteiger partial charge in [0.05, 0.1) is 4.92 Å². The quantitative estimate of drug-likeness (QED) is 0.629. The maximum absolute atomic E-state index is 10.6. The molecule has 0 fully saturated rings. The van der Waals surface area contributed by atoms with Crippen LogP contribution in [0.15, 0.2) is 24.3 Å². The van der Waals surface area contributed by atoms with Crippen LogP contribution in [0.5, 0.6) is 0 Å². The number of nitro groups is 1. The number of anilines is 1. The van der Waals surface area contributed by atoms with Crippen LogP contribution in [0.4, 0.5) is 11.4 Å². The van der Waals surface area contributed by atoms with Gasteiger partial charge in [0.1, 0.15) is 0 Å². The van der Waals surface area contributed by atoms with Crippen molar-refractivity contribution in [2.75, 3.05) is 5.32 Å². The van der Waals surface area contributed by atoms with E-state index in [1.165, 1.54) is 6.07 Å². The molecule has 1 aromatic rings. The number of nitrogens with one attached hydrogen (secondary N) is 1. The summed E-state index contributed by atoms with van der Waals surface area (Å²) in [4.78, 5) is 10.2. The molecule has 0 aromatic heterocycles. The summed E-state index contributed by atoms with van der Waals surface area (Å²) in [7, 11) is 0. The van der Waals surface area contributed by atoms with E-state index in [-0.39, 0.29) is 22.1 Å². The van der Waals surface area contributed by atoms with Crippen LogP contribution in [0.2, 0.25) is 0 Å². The zero-order chi connectivity index (χ0) is 12.3. The molecule has 0 aliphatic carbocycles. The molecule has 4 heteroatoms. The Morgan fingerprint density at radius 2 is 2.00 bits per heavy atom. The topological polar surface area (TPSA) is 55.2 Å². The van der Waals surface area contributed by atoms with Crippen molar-refractivity contribution in [3.05, 3.63) is 34.4 Å². The standard InChI is InChI=1S/C12H18N2O2/c1-9(12(2,3)4)13-10-6-5-7-11(8-10)14(15)16/h5-9,13H,1-4H3. The van der Waals surface area contributed by atoms with Gasteiger partial charge in [0.15, 0.2) is 0 Å². The van der Waals surface area contributed by atoms with Crippen molar-refractivity contribution < 1.29 is 4.92 Å². The largest absolute Gasteiger partial charge is 0.382 e. The van der Waals surface area contributed by atoms with Gasteiger partial charge in [-0.15, -0.1) is 0 Å². The van der Waals surface area contributed by atoms with E-state index < -0.39 is 0 Å². The molecule has 0 radical (unpaired) electrons. The third-order valence-electron chi connectivity index (χ3n) is 2.74. The predicted molar refractivity (Wildman–Crippen MR) is 65.6 cm³/mol. The zero-order valence-electron chi connectivity index (χ0n) is 10.2. The van der Waals surface area contributed by atoms with Crippen LogP contribution in [0.3, 0.4) is 0 Å². The summed E-state index contributed by atoms with van der Waals surface area (Å²) in [5.41, 5.74) is 1.02. The van der Waals surface area contributed by atoms with E-state index in [4.69, 9.17) is 0 Å². The molecule has 0 aliphatic heterocycles. The summed E-state index contributed by atoms with van der Waals surface area (Å²) >= 11 is 0. The van der Waals surface area contributed by atoms with Crippen LogP contribution in [-0.2, 0) is 0 Å². The summed E-state index contributed by atoms with van der Waals surface area (Å²) in [6.45, 7) is 8.45. The summed E-state index contributed by atoms with van der Waals surface area (Å²) < 4.78 is 0. The fourth-order valence-corrected chi connectivity index (χ4v) is 1.18. The van der Waals surface area contributed by atoms with Gasteiger partial charge in [-0.2, -0.15) is 0 Å². The van der Waals surface area contributed by atoms with E-state index in [1.807, 2.05) is 6.07 Å². The molecule has 1 N–H and O–H groups in total. The molecule has 1 unspecified atom stereocenters. The van der Waals surface area contributed by atoms with Crippen LogP contribution in [-0.4, -0.2) is 11.0 Å². The monoisotopic (exact) mass is 222 g/mol. The molecular weight excluding hydrogens is 204 g/mol. The van der Waals surface area contributed by atoms with Gasteiger partial charge in [0, 0.05) is 23.9 Å². The Balaban J connectivity index is 2.82. The second kappa shape index (κ2) is 4.51. The number of benzene rings is 1. The highest BCUT2D eigenvalue weighted by Crippen LogP contribution is 2.24. The van der Waals surface area contributed by atoms with E-state index in [0.717, 1.165) is 5.69 Å². The lowest BCUT2D eigenvalue weighted by atomic mass is 9.88. The van der Waals surface area contributed by atoms with Crippen molar-refractivity contribution in [3.8, 4) is 0 Å². The summed E-state index contributed by atoms with van der Waals surface area (Å²) in [6, 6.07) is 6.83. The molecule has 0 aliphatic rings. The van der Waals surface area contributed by atoms with Gasteiger partial charge in [-0.3, -0.25) is 10.1 Å². The first-order valence-corrected chi connectivity index (χ1v) is 5.31. The Kier molecular flexibility index (Phi) is 3.52. The number of non-ortho nitro benzene ring substituents is 1. The van der Waals surface area contributed by atoms with Crippen molar-refractivity contribution >= 4 is 11.4 Å². The molecule has 4 nitrogen and oxygen atoms in total. The Morgan fingerprint density at radius 3 is 2.50 bits per heavy atom. The van der Waals surface area contributed by atoms with E-state index >= 15 is 0 Å². The summed E-state index contributed by atoms with van der Waals surface area (Å²) in [5.74, 6) is 0. The van der Waals surface area contributed by atoms with Crippen molar-refractivity contribution in [1.82, 2.24) is 0 Å². The Bertz CT molecular complexity index is 383. The second-order valence-corrected chi connectivity index (χ2v) is 5.04. The van der Waals surface area contributed by atoms with Gasteiger partial charge in [-0.05, 0) is 18.4 Å². The van der Waals surface area contributed by atoms with E-state index in [1.54, 1.807) is 12.1 Å². The van der Waals surface area contributed by atoms with Gasteiger partial charge in [-0.25, -0.2) is 0 Å². The highest BCUT2D eigenvalue weighted by Gasteiger charge is 2.20. The molecule has 1 rings (SSSR count). The first-order valence-electron chi connectivity index (χ1n) is 5.31. The SMILES string of the molecule is CC(Nc1cccc([N+](=O)[O-])c1)C(C)(C)C. The number of nitro benzene ring substituents is 1. The highest BCUT2D eigenvalue weighted by atomic mass is 16.6. The normalized spacial score (nSPS) is 13.2. The van der Waals surface area contributed by atoms with Crippen LogP contribution in [0, 0.1) is 15.5 Å². The molecule has 0 amide bonds. The molecule has 1 aromatic carbocycles. The van der Waals surface area contributed by atoms with E-state index in [0.29, 0.717) is 0 Å². The van der Waals surface area contributed by atoms with E-state index in [2.05, 4.69) is 33.0 Å². The first-order chi connectivity index (χ1) is 7.30. The lowest BCUT2D eigenvalue weighted by Gasteiger charge is -2.28. The van der Waals surface area contributed by atoms with Crippen LogP contribution >= 0.6 is 0 Å².